The minimum Gasteiger partial charge on any atom is -0.392 e. The molecule has 6 rings (SSSR count). The molecule has 2 aliphatic heterocycles. The highest BCUT2D eigenvalue weighted by Gasteiger charge is 2.39. The number of hydrogen-bond acceptors (Lipinski definition) is 5. The highest BCUT2D eigenvalue weighted by molar-refractivity contribution is 5.94. The summed E-state index contributed by atoms with van der Waals surface area (Å²) in [7, 11) is 0. The van der Waals surface area contributed by atoms with E-state index in [0.717, 1.165) is 60.3 Å². The van der Waals surface area contributed by atoms with Crippen molar-refractivity contribution in [3.63, 3.8) is 0 Å². The van der Waals surface area contributed by atoms with Crippen molar-refractivity contribution in [1.29, 1.82) is 0 Å². The molecule has 0 saturated carbocycles. The van der Waals surface area contributed by atoms with Crippen LogP contribution in [-0.4, -0.2) is 41.7 Å². The largest absolute Gasteiger partial charge is 0.392 e. The molecule has 4 aromatic rings. The predicted molar refractivity (Wildman–Crippen MR) is 182 cm³/mol. The van der Waals surface area contributed by atoms with Gasteiger partial charge < -0.3 is 24.8 Å². The molecular formula is C40H41F5N2O4. The van der Waals surface area contributed by atoms with E-state index in [1.807, 2.05) is 54.6 Å². The standard InChI is InChI=1S/C40H41F5N2O4/c1-24-31(22-47-17-5-3-2-4-6-18-47)50-40(51-38(24)27-15-13-25(23-48)14-16-27)30-12-8-11-29(20-30)28-10-7-9-26(19-28)21-46-39(49)32-33(41)35(43)37(45)36(44)34(32)42/h7-16,19-20,24,31,38,40,48H,2-6,17-18,21-23H2,1H3,(H,46,49)/t24-,31+,38+,40+/m1/s1. The number of aliphatic hydroxyl groups excluding tert-OH is 1. The molecule has 0 radical (unpaired) electrons. The van der Waals surface area contributed by atoms with E-state index < -0.39 is 46.8 Å². The van der Waals surface area contributed by atoms with Gasteiger partial charge in [-0.25, -0.2) is 22.0 Å². The summed E-state index contributed by atoms with van der Waals surface area (Å²) in [5, 5.41) is 11.9. The Hall–Kier alpha value is -4.16. The van der Waals surface area contributed by atoms with Crippen LogP contribution in [0.15, 0.2) is 72.8 Å². The number of aliphatic hydroxyl groups is 1. The second kappa shape index (κ2) is 16.5. The van der Waals surface area contributed by atoms with Crippen LogP contribution in [0.2, 0.25) is 0 Å². The van der Waals surface area contributed by atoms with Gasteiger partial charge in [0.2, 0.25) is 5.82 Å². The van der Waals surface area contributed by atoms with E-state index in [-0.39, 0.29) is 31.3 Å². The number of rotatable bonds is 9. The molecule has 2 heterocycles. The van der Waals surface area contributed by atoms with Gasteiger partial charge in [0.1, 0.15) is 5.56 Å². The van der Waals surface area contributed by atoms with Gasteiger partial charge in [-0.2, -0.15) is 0 Å². The fourth-order valence-electron chi connectivity index (χ4n) is 6.88. The third-order valence-electron chi connectivity index (χ3n) is 9.82. The molecule has 0 aromatic heterocycles. The summed E-state index contributed by atoms with van der Waals surface area (Å²) in [4.78, 5) is 15.0. The van der Waals surface area contributed by atoms with Gasteiger partial charge in [0.15, 0.2) is 29.6 Å². The minimum atomic E-state index is -2.33. The van der Waals surface area contributed by atoms with Gasteiger partial charge in [0.25, 0.3) is 5.91 Å². The SMILES string of the molecule is C[C@@H]1[C@H](CN2CCCCCCC2)O[C@H](c2cccc(-c3cccc(CNC(=O)c4c(F)c(F)c(F)c(F)c4F)c3)c2)O[C@@H]1c1ccc(CO)cc1. The number of halogens is 5. The van der Waals surface area contributed by atoms with E-state index in [1.165, 1.54) is 19.3 Å². The van der Waals surface area contributed by atoms with Gasteiger partial charge in [0, 0.05) is 24.6 Å². The molecule has 4 aromatic carbocycles. The Morgan fingerprint density at radius 2 is 1.35 bits per heavy atom. The topological polar surface area (TPSA) is 71.0 Å². The number of amides is 1. The smallest absolute Gasteiger partial charge is 0.257 e. The summed E-state index contributed by atoms with van der Waals surface area (Å²) < 4.78 is 82.6. The quantitative estimate of drug-likeness (QED) is 0.104. The number of likely N-dealkylation sites (tertiary alicyclic amines) is 1. The zero-order valence-corrected chi connectivity index (χ0v) is 28.3. The lowest BCUT2D eigenvalue weighted by atomic mass is 9.89. The minimum absolute atomic E-state index is 0.0453. The van der Waals surface area contributed by atoms with Crippen molar-refractivity contribution in [1.82, 2.24) is 10.2 Å². The van der Waals surface area contributed by atoms with E-state index in [2.05, 4.69) is 17.1 Å². The van der Waals surface area contributed by atoms with E-state index in [9.17, 15) is 31.9 Å². The average Bonchev–Trinajstić information content (AvgIpc) is 3.14. The Balaban J connectivity index is 1.22. The molecule has 2 fully saturated rings. The Morgan fingerprint density at radius 3 is 2.02 bits per heavy atom. The Kier molecular flexibility index (Phi) is 11.8. The van der Waals surface area contributed by atoms with Crippen molar-refractivity contribution in [2.45, 2.75) is 70.7 Å². The highest BCUT2D eigenvalue weighted by atomic mass is 19.2. The molecule has 51 heavy (non-hydrogen) atoms. The van der Waals surface area contributed by atoms with Crippen molar-refractivity contribution >= 4 is 5.91 Å². The van der Waals surface area contributed by atoms with Crippen molar-refractivity contribution in [3.8, 4) is 11.1 Å². The molecule has 2 saturated heterocycles. The summed E-state index contributed by atoms with van der Waals surface area (Å²) in [6.07, 6.45) is 5.02. The Bertz CT molecular complexity index is 1800. The molecule has 270 valence electrons. The van der Waals surface area contributed by atoms with Gasteiger partial charge >= 0.3 is 0 Å². The lowest BCUT2D eigenvalue weighted by Gasteiger charge is -2.43. The maximum Gasteiger partial charge on any atom is 0.257 e. The van der Waals surface area contributed by atoms with Crippen LogP contribution in [-0.2, 0) is 22.6 Å². The second-order valence-corrected chi connectivity index (χ2v) is 13.3. The maximum atomic E-state index is 14.2. The fourth-order valence-corrected chi connectivity index (χ4v) is 6.88. The van der Waals surface area contributed by atoms with Crippen molar-refractivity contribution in [3.05, 3.63) is 130 Å². The average molecular weight is 709 g/mol. The highest BCUT2D eigenvalue weighted by Crippen LogP contribution is 2.42. The van der Waals surface area contributed by atoms with Gasteiger partial charge in [-0.3, -0.25) is 4.79 Å². The Labute approximate surface area is 294 Å². The number of benzene rings is 4. The van der Waals surface area contributed by atoms with Crippen LogP contribution in [0, 0.1) is 35.0 Å². The number of ether oxygens (including phenoxy) is 2. The number of carbonyl (C=O) groups is 1. The van der Waals surface area contributed by atoms with Crippen LogP contribution in [0.5, 0.6) is 0 Å². The van der Waals surface area contributed by atoms with Crippen LogP contribution in [0.25, 0.3) is 11.1 Å². The molecule has 6 nitrogen and oxygen atoms in total. The zero-order chi connectivity index (χ0) is 36.1. The molecule has 0 spiro atoms. The van der Waals surface area contributed by atoms with Crippen LogP contribution in [0.3, 0.4) is 0 Å². The molecule has 4 atom stereocenters. The molecule has 0 aliphatic carbocycles. The first-order chi connectivity index (χ1) is 24.6. The molecular weight excluding hydrogens is 667 g/mol. The molecule has 2 N–H and O–H groups in total. The summed E-state index contributed by atoms with van der Waals surface area (Å²) in [5.41, 5.74) is 3.20. The summed E-state index contributed by atoms with van der Waals surface area (Å²) in [6.45, 7) is 4.72. The molecule has 2 aliphatic rings. The first-order valence-electron chi connectivity index (χ1n) is 17.4. The lowest BCUT2D eigenvalue weighted by Crippen LogP contribution is -2.45. The van der Waals surface area contributed by atoms with Crippen LogP contribution in [0.1, 0.15) is 84.0 Å². The second-order valence-electron chi connectivity index (χ2n) is 13.3. The van der Waals surface area contributed by atoms with E-state index in [1.54, 1.807) is 18.2 Å². The third kappa shape index (κ3) is 8.33. The monoisotopic (exact) mass is 708 g/mol. The first-order valence-corrected chi connectivity index (χ1v) is 17.4. The van der Waals surface area contributed by atoms with E-state index in [0.29, 0.717) is 5.56 Å². The fraction of sp³-hybridized carbons (Fsp3) is 0.375. The first kappa shape index (κ1) is 36.6. The van der Waals surface area contributed by atoms with Crippen LogP contribution < -0.4 is 5.32 Å². The number of hydrogen-bond donors (Lipinski definition) is 2. The Morgan fingerprint density at radius 1 is 0.745 bits per heavy atom. The summed E-state index contributed by atoms with van der Waals surface area (Å²) in [5.74, 6) is -12.5. The summed E-state index contributed by atoms with van der Waals surface area (Å²) >= 11 is 0. The molecule has 0 bridgehead atoms. The van der Waals surface area contributed by atoms with Crippen LogP contribution >= 0.6 is 0 Å². The van der Waals surface area contributed by atoms with Gasteiger partial charge in [-0.1, -0.05) is 86.8 Å². The predicted octanol–water partition coefficient (Wildman–Crippen LogP) is 8.53. The molecule has 1 amide bonds. The molecule has 0 unspecified atom stereocenters. The van der Waals surface area contributed by atoms with E-state index >= 15 is 0 Å². The number of nitrogens with one attached hydrogen (secondary N) is 1. The number of carbonyl (C=O) groups excluding carboxylic acids is 1. The van der Waals surface area contributed by atoms with E-state index in [4.69, 9.17) is 9.47 Å². The van der Waals surface area contributed by atoms with Gasteiger partial charge in [-0.15, -0.1) is 0 Å². The lowest BCUT2D eigenvalue weighted by molar-refractivity contribution is -0.276. The number of nitrogens with zero attached hydrogens (tertiary/aromatic N) is 1. The van der Waals surface area contributed by atoms with Gasteiger partial charge in [-0.05, 0) is 65.9 Å². The third-order valence-corrected chi connectivity index (χ3v) is 9.82. The molecule has 11 heteroatoms. The van der Waals surface area contributed by atoms with Crippen LogP contribution in [0.4, 0.5) is 22.0 Å². The maximum absolute atomic E-state index is 14.2. The zero-order valence-electron chi connectivity index (χ0n) is 28.3. The van der Waals surface area contributed by atoms with Crippen molar-refractivity contribution in [2.75, 3.05) is 19.6 Å². The van der Waals surface area contributed by atoms with Crippen molar-refractivity contribution in [2.24, 2.45) is 5.92 Å². The normalized spacial score (nSPS) is 21.5. The summed E-state index contributed by atoms with van der Waals surface area (Å²) in [6, 6.07) is 22.5. The van der Waals surface area contributed by atoms with Gasteiger partial charge in [0.05, 0.1) is 18.8 Å². The van der Waals surface area contributed by atoms with Crippen molar-refractivity contribution < 1.29 is 41.3 Å².